The number of rotatable bonds is 9. The van der Waals surface area contributed by atoms with E-state index >= 15 is 0 Å². The zero-order valence-electron chi connectivity index (χ0n) is 20.6. The summed E-state index contributed by atoms with van der Waals surface area (Å²) >= 11 is 1.44. The Morgan fingerprint density at radius 3 is 2.81 bits per heavy atom. The van der Waals surface area contributed by atoms with E-state index in [0.29, 0.717) is 25.3 Å². The number of methoxy groups -OCH3 is 1. The number of hydrogen-bond acceptors (Lipinski definition) is 7. The van der Waals surface area contributed by atoms with Crippen molar-refractivity contribution >= 4 is 29.2 Å². The number of carbonyl (C=O) groups is 3. The predicted octanol–water partition coefficient (Wildman–Crippen LogP) is 3.16. The first-order valence-electron chi connectivity index (χ1n) is 12.6. The second-order valence-corrected chi connectivity index (χ2v) is 10.1. The number of allylic oxidation sites excluding steroid dienone is 1. The summed E-state index contributed by atoms with van der Waals surface area (Å²) in [6, 6.07) is -0.848. The first-order valence-corrected chi connectivity index (χ1v) is 13.4. The summed E-state index contributed by atoms with van der Waals surface area (Å²) in [5.41, 5.74) is 2.46. The van der Waals surface area contributed by atoms with Gasteiger partial charge in [-0.15, -0.1) is 11.3 Å². The summed E-state index contributed by atoms with van der Waals surface area (Å²) in [6.45, 7) is 2.01. The van der Waals surface area contributed by atoms with Crippen molar-refractivity contribution in [2.45, 2.75) is 63.3 Å². The molecule has 3 amide bonds. The van der Waals surface area contributed by atoms with Crippen molar-refractivity contribution in [1.29, 1.82) is 0 Å². The highest BCUT2D eigenvalue weighted by molar-refractivity contribution is 7.09. The SMILES string of the molecule is COC(=O)C(Cc1cnc[nH]1)NC(=O)c1csc(C2CCN(C(=O)NCCC3=CCCCC3)CC2)n1. The Morgan fingerprint density at radius 1 is 1.28 bits per heavy atom. The molecule has 36 heavy (non-hydrogen) atoms. The summed E-state index contributed by atoms with van der Waals surface area (Å²) in [5.74, 6) is -0.749. The number of likely N-dealkylation sites (tertiary alicyclic amines) is 1. The predicted molar refractivity (Wildman–Crippen MR) is 136 cm³/mol. The van der Waals surface area contributed by atoms with Crippen LogP contribution in [-0.2, 0) is 16.0 Å². The van der Waals surface area contributed by atoms with E-state index in [0.717, 1.165) is 37.1 Å². The molecule has 1 fully saturated rings. The third kappa shape index (κ3) is 6.93. The van der Waals surface area contributed by atoms with Crippen LogP contribution in [0.4, 0.5) is 4.79 Å². The molecule has 194 valence electrons. The van der Waals surface area contributed by atoms with Crippen molar-refractivity contribution < 1.29 is 19.1 Å². The fourth-order valence-electron chi connectivity index (χ4n) is 4.67. The normalized spacial score (nSPS) is 17.2. The van der Waals surface area contributed by atoms with Crippen LogP contribution in [0.25, 0.3) is 0 Å². The van der Waals surface area contributed by atoms with Crippen LogP contribution in [0.15, 0.2) is 29.6 Å². The third-order valence-electron chi connectivity index (χ3n) is 6.76. The molecule has 0 saturated carbocycles. The molecule has 2 aliphatic rings. The number of amides is 3. The number of hydrogen-bond donors (Lipinski definition) is 3. The molecule has 1 atom stereocenters. The van der Waals surface area contributed by atoms with Gasteiger partial charge in [0.1, 0.15) is 11.7 Å². The number of aromatic nitrogens is 3. The van der Waals surface area contributed by atoms with Gasteiger partial charge in [0, 0.05) is 49.2 Å². The van der Waals surface area contributed by atoms with Gasteiger partial charge in [0.15, 0.2) is 0 Å². The van der Waals surface area contributed by atoms with Crippen molar-refractivity contribution in [1.82, 2.24) is 30.5 Å². The minimum Gasteiger partial charge on any atom is -0.467 e. The first kappa shape index (κ1) is 25.9. The highest BCUT2D eigenvalue weighted by Crippen LogP contribution is 2.30. The number of urea groups is 1. The highest BCUT2D eigenvalue weighted by Gasteiger charge is 2.28. The van der Waals surface area contributed by atoms with Gasteiger partial charge in [-0.05, 0) is 44.9 Å². The number of esters is 1. The number of thiazole rings is 1. The van der Waals surface area contributed by atoms with Crippen LogP contribution in [0.1, 0.15) is 72.1 Å². The van der Waals surface area contributed by atoms with Gasteiger partial charge in [0.25, 0.3) is 5.91 Å². The molecule has 1 aliphatic carbocycles. The van der Waals surface area contributed by atoms with Gasteiger partial charge in [-0.1, -0.05) is 11.6 Å². The molecule has 0 spiro atoms. The molecule has 10 nitrogen and oxygen atoms in total. The summed E-state index contributed by atoms with van der Waals surface area (Å²) in [5, 5.41) is 8.38. The number of aromatic amines is 1. The lowest BCUT2D eigenvalue weighted by Crippen LogP contribution is -2.44. The molecular formula is C25H34N6O4S. The van der Waals surface area contributed by atoms with E-state index in [-0.39, 0.29) is 24.1 Å². The zero-order valence-corrected chi connectivity index (χ0v) is 21.4. The van der Waals surface area contributed by atoms with Crippen LogP contribution in [0.2, 0.25) is 0 Å². The Hall–Kier alpha value is -3.21. The van der Waals surface area contributed by atoms with E-state index in [2.05, 4.69) is 31.7 Å². The van der Waals surface area contributed by atoms with Gasteiger partial charge in [-0.2, -0.15) is 0 Å². The molecule has 0 radical (unpaired) electrons. The van der Waals surface area contributed by atoms with E-state index < -0.39 is 17.9 Å². The maximum atomic E-state index is 12.8. The molecule has 3 N–H and O–H groups in total. The molecule has 1 saturated heterocycles. The average Bonchev–Trinajstić information content (AvgIpc) is 3.61. The van der Waals surface area contributed by atoms with Crippen LogP contribution >= 0.6 is 11.3 Å². The molecule has 1 unspecified atom stereocenters. The lowest BCUT2D eigenvalue weighted by molar-refractivity contribution is -0.142. The molecule has 3 heterocycles. The van der Waals surface area contributed by atoms with Crippen molar-refractivity contribution in [3.63, 3.8) is 0 Å². The minimum absolute atomic E-state index is 0.00446. The largest absolute Gasteiger partial charge is 0.467 e. The second kappa shape index (κ2) is 12.7. The molecular weight excluding hydrogens is 480 g/mol. The van der Waals surface area contributed by atoms with Gasteiger partial charge in [0.2, 0.25) is 0 Å². The number of carbonyl (C=O) groups excluding carboxylic acids is 3. The Labute approximate surface area is 214 Å². The van der Waals surface area contributed by atoms with Crippen molar-refractivity contribution in [2.75, 3.05) is 26.7 Å². The quantitative estimate of drug-likeness (QED) is 0.348. The van der Waals surface area contributed by atoms with Gasteiger partial charge in [-0.25, -0.2) is 19.6 Å². The molecule has 1 aliphatic heterocycles. The van der Waals surface area contributed by atoms with Gasteiger partial charge < -0.3 is 25.3 Å². The molecule has 0 aromatic carbocycles. The van der Waals surface area contributed by atoms with Gasteiger partial charge >= 0.3 is 12.0 Å². The number of H-pyrrole nitrogens is 1. The monoisotopic (exact) mass is 514 g/mol. The summed E-state index contributed by atoms with van der Waals surface area (Å²) in [6.07, 6.45) is 13.1. The van der Waals surface area contributed by atoms with Crippen molar-refractivity contribution in [3.8, 4) is 0 Å². The molecule has 2 aromatic heterocycles. The van der Waals surface area contributed by atoms with Crippen LogP contribution in [0, 0.1) is 0 Å². The standard InChI is InChI=1S/C25H34N6O4S/c1-35-24(33)20(13-19-14-26-16-28-19)29-22(32)21-15-36-23(30-21)18-8-11-31(12-9-18)25(34)27-10-7-17-5-3-2-4-6-17/h5,14-16,18,20H,2-4,6-13H2,1H3,(H,26,28)(H,27,34)(H,29,32). The van der Waals surface area contributed by atoms with E-state index in [1.807, 2.05) is 4.90 Å². The van der Waals surface area contributed by atoms with Crippen LogP contribution < -0.4 is 10.6 Å². The number of imidazole rings is 1. The Bertz CT molecular complexity index is 1060. The number of ether oxygens (including phenoxy) is 1. The number of nitrogens with zero attached hydrogens (tertiary/aromatic N) is 3. The maximum absolute atomic E-state index is 12.8. The fraction of sp³-hybridized carbons (Fsp3) is 0.560. The molecule has 0 bridgehead atoms. The Kier molecular flexibility index (Phi) is 9.10. The van der Waals surface area contributed by atoms with Crippen molar-refractivity contribution in [3.05, 3.63) is 45.9 Å². The van der Waals surface area contributed by atoms with Gasteiger partial charge in [-0.3, -0.25) is 4.79 Å². The highest BCUT2D eigenvalue weighted by atomic mass is 32.1. The lowest BCUT2D eigenvalue weighted by Gasteiger charge is -2.31. The topological polar surface area (TPSA) is 129 Å². The summed E-state index contributed by atoms with van der Waals surface area (Å²) < 4.78 is 4.84. The van der Waals surface area contributed by atoms with Crippen molar-refractivity contribution in [2.24, 2.45) is 0 Å². The van der Waals surface area contributed by atoms with Crippen LogP contribution in [0.3, 0.4) is 0 Å². The molecule has 11 heteroatoms. The molecule has 2 aromatic rings. The zero-order chi connectivity index (χ0) is 25.3. The van der Waals surface area contributed by atoms with Gasteiger partial charge in [0.05, 0.1) is 18.4 Å². The Morgan fingerprint density at radius 2 is 2.11 bits per heavy atom. The lowest BCUT2D eigenvalue weighted by atomic mass is 9.97. The fourth-order valence-corrected chi connectivity index (χ4v) is 5.64. The Balaban J connectivity index is 1.24. The third-order valence-corrected chi connectivity index (χ3v) is 7.77. The second-order valence-electron chi connectivity index (χ2n) is 9.25. The van der Waals surface area contributed by atoms with Crippen LogP contribution in [-0.4, -0.2) is 70.5 Å². The smallest absolute Gasteiger partial charge is 0.328 e. The maximum Gasteiger partial charge on any atom is 0.328 e. The van der Waals surface area contributed by atoms with E-state index in [9.17, 15) is 14.4 Å². The van der Waals surface area contributed by atoms with E-state index in [1.54, 1.807) is 11.6 Å². The average molecular weight is 515 g/mol. The minimum atomic E-state index is -0.843. The first-order chi connectivity index (χ1) is 17.5. The van der Waals surface area contributed by atoms with Crippen LogP contribution in [0.5, 0.6) is 0 Å². The summed E-state index contributed by atoms with van der Waals surface area (Å²) in [4.78, 5) is 50.8. The number of piperidine rings is 1. The summed E-state index contributed by atoms with van der Waals surface area (Å²) in [7, 11) is 1.29. The molecule has 4 rings (SSSR count). The van der Waals surface area contributed by atoms with E-state index in [4.69, 9.17) is 4.74 Å². The van der Waals surface area contributed by atoms with E-state index in [1.165, 1.54) is 43.2 Å². The number of nitrogens with one attached hydrogen (secondary N) is 3.